The SMILES string of the molecule is O=C(Oc1ccc2cc(-c3nc4ccccc4s3)c(=O)oc2c1)c1cc2ccccc2o1. The molecule has 0 unspecified atom stereocenters. The maximum atomic E-state index is 12.6. The summed E-state index contributed by atoms with van der Waals surface area (Å²) in [7, 11) is 0. The first-order chi connectivity index (χ1) is 15.6. The van der Waals surface area contributed by atoms with Crippen LogP contribution in [0.15, 0.2) is 92.5 Å². The van der Waals surface area contributed by atoms with Crippen molar-refractivity contribution in [3.63, 3.8) is 0 Å². The molecule has 7 heteroatoms. The van der Waals surface area contributed by atoms with Crippen molar-refractivity contribution in [2.45, 2.75) is 0 Å². The number of rotatable bonds is 3. The number of furan rings is 1. The maximum Gasteiger partial charge on any atom is 0.379 e. The number of fused-ring (bicyclic) bond motifs is 3. The summed E-state index contributed by atoms with van der Waals surface area (Å²) in [5.41, 5.74) is 1.64. The normalized spacial score (nSPS) is 11.4. The van der Waals surface area contributed by atoms with Crippen LogP contribution >= 0.6 is 11.3 Å². The maximum absolute atomic E-state index is 12.6. The van der Waals surface area contributed by atoms with Gasteiger partial charge in [-0.2, -0.15) is 0 Å². The Labute approximate surface area is 184 Å². The van der Waals surface area contributed by atoms with Crippen molar-refractivity contribution in [2.24, 2.45) is 0 Å². The monoisotopic (exact) mass is 439 g/mol. The fourth-order valence-corrected chi connectivity index (χ4v) is 4.50. The van der Waals surface area contributed by atoms with E-state index in [1.165, 1.54) is 17.4 Å². The molecule has 6 nitrogen and oxygen atoms in total. The van der Waals surface area contributed by atoms with Gasteiger partial charge in [-0.05, 0) is 42.5 Å². The number of aromatic nitrogens is 1. The Balaban J connectivity index is 1.33. The molecule has 6 aromatic rings. The van der Waals surface area contributed by atoms with E-state index in [-0.39, 0.29) is 11.5 Å². The molecule has 0 spiro atoms. The summed E-state index contributed by atoms with van der Waals surface area (Å²) in [6, 6.07) is 23.3. The van der Waals surface area contributed by atoms with Crippen LogP contribution in [0.4, 0.5) is 0 Å². The number of thiazole rings is 1. The van der Waals surface area contributed by atoms with Gasteiger partial charge in [-0.25, -0.2) is 14.6 Å². The lowest BCUT2D eigenvalue weighted by Gasteiger charge is -2.04. The minimum atomic E-state index is -0.631. The van der Waals surface area contributed by atoms with Crippen LogP contribution < -0.4 is 10.4 Å². The molecule has 0 atom stereocenters. The van der Waals surface area contributed by atoms with E-state index in [0.717, 1.165) is 15.6 Å². The first kappa shape index (κ1) is 18.5. The standard InChI is InChI=1S/C25H13NO5S/c27-24-17(23-26-18-6-2-4-8-22(18)32-23)11-15-9-10-16(13-20(15)31-24)29-25(28)21-12-14-5-1-3-7-19(14)30-21/h1-13H. The van der Waals surface area contributed by atoms with E-state index in [4.69, 9.17) is 13.6 Å². The fraction of sp³-hybridized carbons (Fsp3) is 0. The van der Waals surface area contributed by atoms with Crippen LogP contribution in [-0.2, 0) is 0 Å². The fourth-order valence-electron chi connectivity index (χ4n) is 3.53. The minimum Gasteiger partial charge on any atom is -0.449 e. The Morgan fingerprint density at radius 3 is 2.53 bits per heavy atom. The number of para-hydroxylation sites is 2. The third kappa shape index (κ3) is 3.16. The number of hydrogen-bond acceptors (Lipinski definition) is 7. The molecule has 0 amide bonds. The van der Waals surface area contributed by atoms with Gasteiger partial charge in [0.1, 0.15) is 21.9 Å². The molecule has 0 radical (unpaired) electrons. The summed E-state index contributed by atoms with van der Waals surface area (Å²) in [5.74, 6) is -0.285. The van der Waals surface area contributed by atoms with Gasteiger partial charge in [-0.15, -0.1) is 11.3 Å². The molecular weight excluding hydrogens is 426 g/mol. The van der Waals surface area contributed by atoms with Crippen LogP contribution in [0.25, 0.3) is 42.7 Å². The molecular formula is C25H13NO5S. The number of carbonyl (C=O) groups excluding carboxylic acids is 1. The summed E-state index contributed by atoms with van der Waals surface area (Å²) >= 11 is 1.43. The van der Waals surface area contributed by atoms with Gasteiger partial charge in [0, 0.05) is 16.8 Å². The predicted octanol–water partition coefficient (Wildman–Crippen LogP) is 6.04. The Hall–Kier alpha value is -4.23. The molecule has 32 heavy (non-hydrogen) atoms. The number of benzene rings is 3. The Morgan fingerprint density at radius 1 is 0.844 bits per heavy atom. The van der Waals surface area contributed by atoms with Crippen molar-refractivity contribution in [3.8, 4) is 16.3 Å². The molecule has 3 heterocycles. The van der Waals surface area contributed by atoms with Crippen molar-refractivity contribution < 1.29 is 18.4 Å². The average molecular weight is 439 g/mol. The predicted molar refractivity (Wildman–Crippen MR) is 122 cm³/mol. The number of hydrogen-bond donors (Lipinski definition) is 0. The van der Waals surface area contributed by atoms with Gasteiger partial charge in [0.2, 0.25) is 5.76 Å². The zero-order valence-corrected chi connectivity index (χ0v) is 17.2. The van der Waals surface area contributed by atoms with Crippen LogP contribution in [0.2, 0.25) is 0 Å². The number of ether oxygens (including phenoxy) is 1. The highest BCUT2D eigenvalue weighted by molar-refractivity contribution is 7.21. The molecule has 0 aliphatic rings. The first-order valence-electron chi connectivity index (χ1n) is 9.79. The molecule has 3 aromatic heterocycles. The molecule has 0 aliphatic heterocycles. The zero-order chi connectivity index (χ0) is 21.7. The lowest BCUT2D eigenvalue weighted by molar-refractivity contribution is 0.0704. The summed E-state index contributed by atoms with van der Waals surface area (Å²) in [5, 5.41) is 2.11. The summed E-state index contributed by atoms with van der Waals surface area (Å²) in [6.07, 6.45) is 0. The third-order valence-electron chi connectivity index (χ3n) is 5.07. The molecule has 0 aliphatic carbocycles. The largest absolute Gasteiger partial charge is 0.449 e. The van der Waals surface area contributed by atoms with Crippen LogP contribution in [0.5, 0.6) is 5.75 Å². The molecule has 6 rings (SSSR count). The van der Waals surface area contributed by atoms with Crippen LogP contribution in [0, 0.1) is 0 Å². The minimum absolute atomic E-state index is 0.0962. The van der Waals surface area contributed by atoms with E-state index in [1.807, 2.05) is 42.5 Å². The molecule has 0 saturated carbocycles. The van der Waals surface area contributed by atoms with E-state index >= 15 is 0 Å². The van der Waals surface area contributed by atoms with Crippen LogP contribution in [0.3, 0.4) is 0 Å². The van der Waals surface area contributed by atoms with Crippen molar-refractivity contribution >= 4 is 49.5 Å². The summed E-state index contributed by atoms with van der Waals surface area (Å²) in [6.45, 7) is 0. The first-order valence-corrected chi connectivity index (χ1v) is 10.6. The molecule has 0 saturated heterocycles. The second-order valence-electron chi connectivity index (χ2n) is 7.17. The lowest BCUT2D eigenvalue weighted by atomic mass is 10.2. The van der Waals surface area contributed by atoms with E-state index in [0.29, 0.717) is 27.1 Å². The Kier molecular flexibility index (Phi) is 4.16. The van der Waals surface area contributed by atoms with E-state index in [9.17, 15) is 9.59 Å². The van der Waals surface area contributed by atoms with Gasteiger partial charge < -0.3 is 13.6 Å². The van der Waals surface area contributed by atoms with Crippen molar-refractivity contribution in [1.29, 1.82) is 0 Å². The van der Waals surface area contributed by atoms with E-state index in [1.54, 1.807) is 30.3 Å². The van der Waals surface area contributed by atoms with Crippen molar-refractivity contribution in [2.75, 3.05) is 0 Å². The van der Waals surface area contributed by atoms with Crippen LogP contribution in [-0.4, -0.2) is 11.0 Å². The highest BCUT2D eigenvalue weighted by Crippen LogP contribution is 2.31. The molecule has 154 valence electrons. The van der Waals surface area contributed by atoms with Gasteiger partial charge >= 0.3 is 11.6 Å². The second-order valence-corrected chi connectivity index (χ2v) is 8.20. The number of esters is 1. The van der Waals surface area contributed by atoms with Crippen molar-refractivity contribution in [3.05, 3.63) is 95.0 Å². The number of carbonyl (C=O) groups is 1. The second kappa shape index (κ2) is 7.18. The zero-order valence-electron chi connectivity index (χ0n) is 16.4. The quantitative estimate of drug-likeness (QED) is 0.190. The smallest absolute Gasteiger partial charge is 0.379 e. The number of nitrogens with zero attached hydrogens (tertiary/aromatic N) is 1. The van der Waals surface area contributed by atoms with Crippen LogP contribution in [0.1, 0.15) is 10.6 Å². The van der Waals surface area contributed by atoms with Gasteiger partial charge in [0.05, 0.1) is 15.8 Å². The molecule has 3 aromatic carbocycles. The van der Waals surface area contributed by atoms with E-state index < -0.39 is 11.6 Å². The van der Waals surface area contributed by atoms with Gasteiger partial charge in [0.15, 0.2) is 0 Å². The highest BCUT2D eigenvalue weighted by Gasteiger charge is 2.17. The lowest BCUT2D eigenvalue weighted by Crippen LogP contribution is -2.07. The summed E-state index contributed by atoms with van der Waals surface area (Å²) in [4.78, 5) is 29.7. The summed E-state index contributed by atoms with van der Waals surface area (Å²) < 4.78 is 17.5. The average Bonchev–Trinajstić information content (AvgIpc) is 3.43. The Bertz CT molecular complexity index is 1640. The Morgan fingerprint density at radius 2 is 1.66 bits per heavy atom. The molecule has 0 bridgehead atoms. The van der Waals surface area contributed by atoms with Gasteiger partial charge in [0.25, 0.3) is 0 Å². The van der Waals surface area contributed by atoms with Crippen molar-refractivity contribution in [1.82, 2.24) is 4.98 Å². The van der Waals surface area contributed by atoms with Gasteiger partial charge in [-0.3, -0.25) is 0 Å². The third-order valence-corrected chi connectivity index (χ3v) is 6.14. The van der Waals surface area contributed by atoms with Gasteiger partial charge in [-0.1, -0.05) is 30.3 Å². The topological polar surface area (TPSA) is 82.5 Å². The molecule has 0 fully saturated rings. The van der Waals surface area contributed by atoms with E-state index in [2.05, 4.69) is 4.98 Å². The highest BCUT2D eigenvalue weighted by atomic mass is 32.1. The molecule has 0 N–H and O–H groups in total.